The van der Waals surface area contributed by atoms with Crippen LogP contribution in [0.3, 0.4) is 0 Å². The molecule has 0 unspecified atom stereocenters. The number of methoxy groups -OCH3 is 1. The third-order valence-electron chi connectivity index (χ3n) is 8.17. The van der Waals surface area contributed by atoms with E-state index in [2.05, 4.69) is 32.1 Å². The lowest BCUT2D eigenvalue weighted by Crippen LogP contribution is -2.11. The summed E-state index contributed by atoms with van der Waals surface area (Å²) in [4.78, 5) is 11.3. The fourth-order valence-corrected chi connectivity index (χ4v) is 6.01. The van der Waals surface area contributed by atoms with Crippen LogP contribution in [-0.2, 0) is 11.2 Å². The molecular formula is C33H35FO4. The van der Waals surface area contributed by atoms with Gasteiger partial charge in [-0.3, -0.25) is 4.79 Å². The van der Waals surface area contributed by atoms with E-state index in [0.29, 0.717) is 11.3 Å². The minimum atomic E-state index is -0.772. The lowest BCUT2D eigenvalue weighted by Gasteiger charge is -2.26. The van der Waals surface area contributed by atoms with Crippen molar-refractivity contribution in [3.05, 3.63) is 88.7 Å². The van der Waals surface area contributed by atoms with Crippen molar-refractivity contribution in [2.24, 2.45) is 5.41 Å². The lowest BCUT2D eigenvalue weighted by atomic mass is 9.79. The van der Waals surface area contributed by atoms with E-state index in [0.717, 1.165) is 53.7 Å². The van der Waals surface area contributed by atoms with E-state index in [1.807, 2.05) is 31.2 Å². The number of aliphatic carboxylic acids is 1. The van der Waals surface area contributed by atoms with Gasteiger partial charge in [-0.05, 0) is 114 Å². The molecule has 0 fully saturated rings. The van der Waals surface area contributed by atoms with Gasteiger partial charge in [-0.25, -0.2) is 4.39 Å². The van der Waals surface area contributed by atoms with Crippen LogP contribution >= 0.6 is 0 Å². The van der Waals surface area contributed by atoms with E-state index in [9.17, 15) is 9.90 Å². The molecule has 4 nitrogen and oxygen atoms in total. The Morgan fingerprint density at radius 2 is 1.84 bits per heavy atom. The summed E-state index contributed by atoms with van der Waals surface area (Å²) < 4.78 is 26.9. The Morgan fingerprint density at radius 3 is 2.55 bits per heavy atom. The molecule has 2 atom stereocenters. The maximum absolute atomic E-state index is 15.1. The van der Waals surface area contributed by atoms with E-state index in [4.69, 9.17) is 9.47 Å². The number of ether oxygens (including phenoxy) is 2. The Kier molecular flexibility index (Phi) is 7.04. The zero-order valence-corrected chi connectivity index (χ0v) is 22.5. The summed E-state index contributed by atoms with van der Waals surface area (Å²) >= 11 is 0. The molecule has 0 radical (unpaired) electrons. The quantitative estimate of drug-likeness (QED) is 0.328. The summed E-state index contributed by atoms with van der Waals surface area (Å²) in [6.07, 6.45) is 5.96. The summed E-state index contributed by atoms with van der Waals surface area (Å²) in [5.74, 6) is 0.326. The molecule has 0 spiro atoms. The predicted octanol–water partition coefficient (Wildman–Crippen LogP) is 8.35. The van der Waals surface area contributed by atoms with Crippen LogP contribution in [0.5, 0.6) is 11.5 Å². The number of carboxylic acids is 1. The van der Waals surface area contributed by atoms with Crippen molar-refractivity contribution < 1.29 is 23.8 Å². The van der Waals surface area contributed by atoms with Gasteiger partial charge >= 0.3 is 5.97 Å². The molecule has 0 bridgehead atoms. The van der Waals surface area contributed by atoms with E-state index in [-0.39, 0.29) is 29.7 Å². The molecule has 0 aromatic heterocycles. The Balaban J connectivity index is 1.50. The highest BCUT2D eigenvalue weighted by molar-refractivity contribution is 5.85. The van der Waals surface area contributed by atoms with Crippen LogP contribution in [0.2, 0.25) is 0 Å². The fourth-order valence-electron chi connectivity index (χ4n) is 6.01. The van der Waals surface area contributed by atoms with Gasteiger partial charge in [0.05, 0.1) is 13.5 Å². The van der Waals surface area contributed by atoms with Crippen molar-refractivity contribution in [3.63, 3.8) is 0 Å². The van der Waals surface area contributed by atoms with Gasteiger partial charge in [0.2, 0.25) is 0 Å². The lowest BCUT2D eigenvalue weighted by molar-refractivity contribution is -0.137. The van der Waals surface area contributed by atoms with Gasteiger partial charge in [0.1, 0.15) is 23.4 Å². The van der Waals surface area contributed by atoms with Crippen LogP contribution in [0.1, 0.15) is 80.7 Å². The third-order valence-corrected chi connectivity index (χ3v) is 8.17. The molecule has 0 heterocycles. The van der Waals surface area contributed by atoms with Gasteiger partial charge in [-0.15, -0.1) is 0 Å². The molecule has 0 amide bonds. The first kappa shape index (κ1) is 26.0. The molecule has 0 saturated carbocycles. The van der Waals surface area contributed by atoms with Gasteiger partial charge < -0.3 is 14.6 Å². The number of hydrogen-bond acceptors (Lipinski definition) is 3. The average molecular weight is 515 g/mol. The Hall–Kier alpha value is -3.60. The normalized spacial score (nSPS) is 18.6. The number of carbonyl (C=O) groups is 1. The van der Waals surface area contributed by atoms with Crippen LogP contribution in [0.15, 0.2) is 60.7 Å². The van der Waals surface area contributed by atoms with Crippen LogP contribution < -0.4 is 9.47 Å². The number of fused-ring (bicyclic) bond motifs is 1. The van der Waals surface area contributed by atoms with Crippen molar-refractivity contribution in [1.29, 1.82) is 0 Å². The van der Waals surface area contributed by atoms with Crippen LogP contribution in [0.4, 0.5) is 4.39 Å². The second kappa shape index (κ2) is 10.3. The number of benzene rings is 3. The van der Waals surface area contributed by atoms with E-state index >= 15 is 4.39 Å². The number of allylic oxidation sites excluding steroid dienone is 2. The summed E-state index contributed by atoms with van der Waals surface area (Å²) in [5, 5.41) is 9.30. The van der Waals surface area contributed by atoms with Gasteiger partial charge in [0.15, 0.2) is 0 Å². The van der Waals surface area contributed by atoms with E-state index in [1.165, 1.54) is 17.2 Å². The molecule has 5 heteroatoms. The van der Waals surface area contributed by atoms with E-state index < -0.39 is 5.97 Å². The molecule has 3 aromatic rings. The number of hydrogen-bond donors (Lipinski definition) is 1. The van der Waals surface area contributed by atoms with Crippen LogP contribution in [0.25, 0.3) is 16.7 Å². The molecule has 2 aliphatic carbocycles. The topological polar surface area (TPSA) is 55.8 Å². The Bertz CT molecular complexity index is 1400. The Morgan fingerprint density at radius 1 is 1.05 bits per heavy atom. The molecular weight excluding hydrogens is 479 g/mol. The highest BCUT2D eigenvalue weighted by atomic mass is 19.1. The van der Waals surface area contributed by atoms with E-state index in [1.54, 1.807) is 19.2 Å². The predicted molar refractivity (Wildman–Crippen MR) is 148 cm³/mol. The summed E-state index contributed by atoms with van der Waals surface area (Å²) in [6, 6.07) is 17.0. The molecule has 0 aliphatic heterocycles. The Labute approximate surface area is 224 Å². The summed E-state index contributed by atoms with van der Waals surface area (Å²) in [7, 11) is 1.59. The van der Waals surface area contributed by atoms with Gasteiger partial charge in [-0.1, -0.05) is 38.1 Å². The maximum Gasteiger partial charge on any atom is 0.303 e. The average Bonchev–Trinajstić information content (AvgIpc) is 3.45. The largest absolute Gasteiger partial charge is 0.497 e. The molecule has 3 aromatic carbocycles. The second-order valence-electron chi connectivity index (χ2n) is 11.1. The van der Waals surface area contributed by atoms with Crippen LogP contribution in [0, 0.1) is 11.2 Å². The maximum atomic E-state index is 15.1. The first-order valence-electron chi connectivity index (χ1n) is 13.4. The summed E-state index contributed by atoms with van der Waals surface area (Å²) in [6.45, 7) is 6.49. The minimum Gasteiger partial charge on any atom is -0.497 e. The van der Waals surface area contributed by atoms with Gasteiger partial charge in [-0.2, -0.15) is 0 Å². The monoisotopic (exact) mass is 514 g/mol. The smallest absolute Gasteiger partial charge is 0.303 e. The third kappa shape index (κ3) is 5.07. The first-order valence-corrected chi connectivity index (χ1v) is 13.4. The van der Waals surface area contributed by atoms with Gasteiger partial charge in [0, 0.05) is 5.56 Å². The van der Waals surface area contributed by atoms with Crippen molar-refractivity contribution in [2.45, 2.75) is 64.9 Å². The second-order valence-corrected chi connectivity index (χ2v) is 11.1. The van der Waals surface area contributed by atoms with Crippen molar-refractivity contribution in [1.82, 2.24) is 0 Å². The SMILES string of the molecule is COc1ccc(F)c(-c2ccc([C@@H](C)Oc3ccc4c(c3)[C@@H](CC(=O)O)CC4)cc2C2=CCCC2(C)C)c1. The number of halogens is 1. The standard InChI is InChI=1S/C33H35FO4/c1-20(38-25-11-9-21-7-8-23(17-32(35)36)27(21)19-25)22-10-13-26(29-18-24(37-4)12-14-31(29)34)28(16-22)30-6-5-15-33(30,2)3/h6,9-14,16,18-20,23H,5,7-8,15,17H2,1-4H3,(H,35,36)/t20-,23-/m1/s1. The highest BCUT2D eigenvalue weighted by Gasteiger charge is 2.31. The van der Waals surface area contributed by atoms with Gasteiger partial charge in [0.25, 0.3) is 0 Å². The van der Waals surface area contributed by atoms with Crippen molar-refractivity contribution in [3.8, 4) is 22.6 Å². The zero-order chi connectivity index (χ0) is 27.0. The first-order chi connectivity index (χ1) is 18.2. The van der Waals surface area contributed by atoms with Crippen molar-refractivity contribution in [2.75, 3.05) is 7.11 Å². The molecule has 1 N–H and O–H groups in total. The number of carboxylic acid groups (broad SMARTS) is 1. The molecule has 2 aliphatic rings. The molecule has 38 heavy (non-hydrogen) atoms. The fraction of sp³-hybridized carbons (Fsp3) is 0.364. The van der Waals surface area contributed by atoms with Crippen LogP contribution in [-0.4, -0.2) is 18.2 Å². The van der Waals surface area contributed by atoms with Crippen molar-refractivity contribution >= 4 is 11.5 Å². The number of aryl methyl sites for hydroxylation is 1. The molecule has 0 saturated heterocycles. The molecule has 5 rings (SSSR count). The summed E-state index contributed by atoms with van der Waals surface area (Å²) in [5.41, 5.74) is 6.86. The number of rotatable bonds is 8. The minimum absolute atomic E-state index is 0.0219. The zero-order valence-electron chi connectivity index (χ0n) is 22.5. The highest BCUT2D eigenvalue weighted by Crippen LogP contribution is 2.48. The molecule has 198 valence electrons.